The lowest BCUT2D eigenvalue weighted by Crippen LogP contribution is -2.02. The topological polar surface area (TPSA) is 24.4 Å². The first-order valence-electron chi connectivity index (χ1n) is 3.05. The van der Waals surface area contributed by atoms with Gasteiger partial charge in [0.2, 0.25) is 0 Å². The fourth-order valence-corrected chi connectivity index (χ4v) is 0.769. The van der Waals surface area contributed by atoms with Crippen LogP contribution in [-0.2, 0) is 0 Å². The van der Waals surface area contributed by atoms with Gasteiger partial charge < -0.3 is 5.43 Å². The Labute approximate surface area is 50.0 Å². The van der Waals surface area contributed by atoms with Crippen molar-refractivity contribution in [2.45, 2.75) is 19.8 Å². The molecule has 0 heterocycles. The van der Waals surface area contributed by atoms with Crippen LogP contribution >= 0.6 is 0 Å². The summed E-state index contributed by atoms with van der Waals surface area (Å²) in [5, 5.41) is 4.05. The van der Waals surface area contributed by atoms with Crippen LogP contribution in [0.1, 0.15) is 19.8 Å². The van der Waals surface area contributed by atoms with E-state index < -0.39 is 0 Å². The van der Waals surface area contributed by atoms with Crippen molar-refractivity contribution < 1.29 is 0 Å². The molecule has 0 saturated heterocycles. The molecule has 8 heavy (non-hydrogen) atoms. The Hall–Kier alpha value is -0.530. The number of nitrogens with zero attached hydrogens (tertiary/aromatic N) is 1. The molecule has 1 aliphatic rings. The summed E-state index contributed by atoms with van der Waals surface area (Å²) in [4.78, 5) is 0. The smallest absolute Gasteiger partial charge is 0.0378 e. The molecule has 1 N–H and O–H groups in total. The number of hydrogen-bond acceptors (Lipinski definition) is 2. The van der Waals surface area contributed by atoms with Crippen LogP contribution in [0.25, 0.3) is 0 Å². The molecule has 0 bridgehead atoms. The molecule has 0 unspecified atom stereocenters. The molecule has 0 aromatic heterocycles. The molecule has 0 aliphatic heterocycles. The van der Waals surface area contributed by atoms with Crippen LogP contribution in [0.5, 0.6) is 0 Å². The van der Waals surface area contributed by atoms with Gasteiger partial charge in [0, 0.05) is 12.8 Å². The second-order valence-electron chi connectivity index (χ2n) is 2.25. The van der Waals surface area contributed by atoms with E-state index in [2.05, 4.69) is 17.5 Å². The first-order chi connectivity index (χ1) is 3.84. The number of hydrogen-bond donors (Lipinski definition) is 1. The minimum atomic E-state index is 0.808. The lowest BCUT2D eigenvalue weighted by atomic mass is 10.3. The maximum atomic E-state index is 4.05. The Morgan fingerprint density at radius 3 is 2.62 bits per heavy atom. The van der Waals surface area contributed by atoms with Gasteiger partial charge in [0.05, 0.1) is 0 Å². The summed E-state index contributed by atoms with van der Waals surface area (Å²) >= 11 is 0. The van der Waals surface area contributed by atoms with Crippen molar-refractivity contribution in [3.05, 3.63) is 0 Å². The quantitative estimate of drug-likeness (QED) is 0.418. The highest BCUT2D eigenvalue weighted by Crippen LogP contribution is 2.29. The lowest BCUT2D eigenvalue weighted by Gasteiger charge is -1.92. The second-order valence-corrected chi connectivity index (χ2v) is 2.25. The summed E-state index contributed by atoms with van der Waals surface area (Å²) in [5.41, 5.74) is 4.03. The third-order valence-corrected chi connectivity index (χ3v) is 1.46. The second kappa shape index (κ2) is 2.16. The molecule has 2 heteroatoms. The van der Waals surface area contributed by atoms with Gasteiger partial charge in [-0.1, -0.05) is 0 Å². The highest BCUT2D eigenvalue weighted by Gasteiger charge is 2.24. The van der Waals surface area contributed by atoms with Gasteiger partial charge >= 0.3 is 0 Å². The summed E-state index contributed by atoms with van der Waals surface area (Å²) in [5.74, 6) is 0.808. The van der Waals surface area contributed by atoms with Gasteiger partial charge in [0.1, 0.15) is 0 Å². The van der Waals surface area contributed by atoms with Gasteiger partial charge in [-0.2, -0.15) is 5.10 Å². The normalized spacial score (nSPS) is 21.0. The van der Waals surface area contributed by atoms with Gasteiger partial charge in [-0.05, 0) is 25.7 Å². The van der Waals surface area contributed by atoms with Crippen molar-refractivity contribution in [2.75, 3.05) is 7.05 Å². The van der Waals surface area contributed by atoms with Crippen LogP contribution in [-0.4, -0.2) is 12.8 Å². The van der Waals surface area contributed by atoms with Crippen LogP contribution in [0.4, 0.5) is 0 Å². The van der Waals surface area contributed by atoms with E-state index >= 15 is 0 Å². The summed E-state index contributed by atoms with van der Waals surface area (Å²) in [6.07, 6.45) is 2.69. The summed E-state index contributed by atoms with van der Waals surface area (Å²) in [6.45, 7) is 2.08. The first-order valence-corrected chi connectivity index (χ1v) is 3.05. The Bertz CT molecular complexity index is 103. The van der Waals surface area contributed by atoms with Crippen molar-refractivity contribution in [3.8, 4) is 0 Å². The van der Waals surface area contributed by atoms with E-state index in [0.29, 0.717) is 0 Å². The Kier molecular flexibility index (Phi) is 1.51. The van der Waals surface area contributed by atoms with Gasteiger partial charge in [0.15, 0.2) is 0 Å². The van der Waals surface area contributed by atoms with E-state index in [1.165, 1.54) is 18.6 Å². The molecule has 0 atom stereocenters. The summed E-state index contributed by atoms with van der Waals surface area (Å²) in [6, 6.07) is 0. The molecule has 0 radical (unpaired) electrons. The van der Waals surface area contributed by atoms with Gasteiger partial charge in [-0.15, -0.1) is 0 Å². The molecule has 1 aliphatic carbocycles. The molecular weight excluding hydrogens is 100 g/mol. The fourth-order valence-electron chi connectivity index (χ4n) is 0.769. The average molecular weight is 112 g/mol. The van der Waals surface area contributed by atoms with Gasteiger partial charge in [0.25, 0.3) is 0 Å². The highest BCUT2D eigenvalue weighted by molar-refractivity contribution is 5.86. The van der Waals surface area contributed by atoms with Crippen molar-refractivity contribution in [1.82, 2.24) is 5.43 Å². The van der Waals surface area contributed by atoms with Crippen LogP contribution in [0.15, 0.2) is 5.10 Å². The minimum absolute atomic E-state index is 0.808. The largest absolute Gasteiger partial charge is 0.313 e. The van der Waals surface area contributed by atoms with Crippen molar-refractivity contribution in [2.24, 2.45) is 11.0 Å². The molecule has 1 saturated carbocycles. The molecule has 2 nitrogen and oxygen atoms in total. The molecular formula is C6H12N2. The monoisotopic (exact) mass is 112 g/mol. The van der Waals surface area contributed by atoms with Crippen LogP contribution in [0.2, 0.25) is 0 Å². The minimum Gasteiger partial charge on any atom is -0.313 e. The molecule has 1 rings (SSSR count). The zero-order valence-electron chi connectivity index (χ0n) is 5.44. The molecule has 0 aromatic rings. The van der Waals surface area contributed by atoms with Gasteiger partial charge in [-0.25, -0.2) is 0 Å². The fraction of sp³-hybridized carbons (Fsp3) is 0.833. The molecule has 46 valence electrons. The van der Waals surface area contributed by atoms with E-state index in [-0.39, 0.29) is 0 Å². The van der Waals surface area contributed by atoms with E-state index in [1.54, 1.807) is 0 Å². The number of nitrogens with one attached hydrogen (secondary N) is 1. The lowest BCUT2D eigenvalue weighted by molar-refractivity contribution is 0.883. The maximum absolute atomic E-state index is 4.05. The number of hydrazone groups is 1. The first kappa shape index (κ1) is 5.60. The summed E-state index contributed by atoms with van der Waals surface area (Å²) in [7, 11) is 1.84. The van der Waals surface area contributed by atoms with Crippen molar-refractivity contribution >= 4 is 5.71 Å². The third kappa shape index (κ3) is 1.22. The van der Waals surface area contributed by atoms with E-state index in [4.69, 9.17) is 0 Å². The van der Waals surface area contributed by atoms with Crippen LogP contribution in [0, 0.1) is 5.92 Å². The predicted molar refractivity (Wildman–Crippen MR) is 34.9 cm³/mol. The van der Waals surface area contributed by atoms with Crippen LogP contribution in [0.3, 0.4) is 0 Å². The average Bonchev–Trinajstić information content (AvgIpc) is 2.45. The Morgan fingerprint density at radius 1 is 1.62 bits per heavy atom. The Morgan fingerprint density at radius 2 is 2.25 bits per heavy atom. The van der Waals surface area contributed by atoms with E-state index in [9.17, 15) is 0 Å². The number of rotatable bonds is 2. The maximum Gasteiger partial charge on any atom is 0.0378 e. The van der Waals surface area contributed by atoms with Crippen LogP contribution < -0.4 is 5.43 Å². The zero-order valence-corrected chi connectivity index (χ0v) is 5.44. The molecule has 0 aromatic carbocycles. The van der Waals surface area contributed by atoms with Gasteiger partial charge in [-0.3, -0.25) is 0 Å². The molecule has 0 spiro atoms. The molecule has 0 amide bonds. The van der Waals surface area contributed by atoms with Crippen molar-refractivity contribution in [3.63, 3.8) is 0 Å². The molecule has 1 fully saturated rings. The van der Waals surface area contributed by atoms with E-state index in [0.717, 1.165) is 5.92 Å². The standard InChI is InChI=1S/C6H12N2/c1-5(8-7-2)6-3-4-6/h6-7H,3-4H2,1-2H3. The predicted octanol–water partition coefficient (Wildman–Crippen LogP) is 0.992. The summed E-state index contributed by atoms with van der Waals surface area (Å²) < 4.78 is 0. The van der Waals surface area contributed by atoms with Crippen molar-refractivity contribution in [1.29, 1.82) is 0 Å². The van der Waals surface area contributed by atoms with E-state index in [1.807, 2.05) is 7.05 Å². The highest BCUT2D eigenvalue weighted by atomic mass is 15.3. The zero-order chi connectivity index (χ0) is 5.98. The third-order valence-electron chi connectivity index (χ3n) is 1.46. The SMILES string of the molecule is CNN=C(C)C1CC1. The Balaban J connectivity index is 2.31.